The molecule has 0 bridgehead atoms. The van der Waals surface area contributed by atoms with Gasteiger partial charge in [0.1, 0.15) is 11.3 Å². The first-order chi connectivity index (χ1) is 12.0. The highest BCUT2D eigenvalue weighted by Crippen LogP contribution is 2.24. The summed E-state index contributed by atoms with van der Waals surface area (Å²) in [6.45, 7) is 2.43. The molecule has 0 radical (unpaired) electrons. The number of esters is 2. The van der Waals surface area contributed by atoms with Gasteiger partial charge in [-0.15, -0.1) is 0 Å². The van der Waals surface area contributed by atoms with Gasteiger partial charge in [-0.25, -0.2) is 9.59 Å². The van der Waals surface area contributed by atoms with Crippen LogP contribution < -0.4 is 10.1 Å². The van der Waals surface area contributed by atoms with E-state index in [1.54, 1.807) is 0 Å². The number of hydrogen-bond acceptors (Lipinski definition) is 6. The van der Waals surface area contributed by atoms with Crippen LogP contribution >= 0.6 is 0 Å². The number of nitrogens with one attached hydrogen (secondary N) is 1. The van der Waals surface area contributed by atoms with Gasteiger partial charge in [0.15, 0.2) is 6.61 Å². The molecule has 138 valence electrons. The average molecular weight is 351 g/mol. The van der Waals surface area contributed by atoms with Crippen LogP contribution in [0.5, 0.6) is 5.75 Å². The number of carbonyl (C=O) groups is 3. The Morgan fingerprint density at radius 1 is 1.00 bits per heavy atom. The average Bonchev–Trinajstić information content (AvgIpc) is 2.64. The van der Waals surface area contributed by atoms with Gasteiger partial charge in [-0.05, 0) is 18.6 Å². The van der Waals surface area contributed by atoms with Gasteiger partial charge in [0.2, 0.25) is 0 Å². The zero-order chi connectivity index (χ0) is 18.7. The van der Waals surface area contributed by atoms with Gasteiger partial charge in [0, 0.05) is 6.54 Å². The topological polar surface area (TPSA) is 90.9 Å². The third-order valence-corrected chi connectivity index (χ3v) is 3.53. The van der Waals surface area contributed by atoms with E-state index >= 15 is 0 Å². The molecule has 0 unspecified atom stereocenters. The maximum absolute atomic E-state index is 12.0. The second-order valence-electron chi connectivity index (χ2n) is 5.36. The van der Waals surface area contributed by atoms with E-state index in [0.29, 0.717) is 6.54 Å². The zero-order valence-electron chi connectivity index (χ0n) is 14.9. The van der Waals surface area contributed by atoms with Crippen molar-refractivity contribution in [3.8, 4) is 5.75 Å². The second kappa shape index (κ2) is 11.1. The monoisotopic (exact) mass is 351 g/mol. The van der Waals surface area contributed by atoms with Crippen molar-refractivity contribution < 1.29 is 28.6 Å². The van der Waals surface area contributed by atoms with Crippen LogP contribution in [0.15, 0.2) is 18.2 Å². The molecule has 0 atom stereocenters. The Morgan fingerprint density at radius 3 is 2.36 bits per heavy atom. The van der Waals surface area contributed by atoms with E-state index in [1.807, 2.05) is 0 Å². The molecule has 0 fully saturated rings. The predicted molar refractivity (Wildman–Crippen MR) is 91.8 cm³/mol. The lowest BCUT2D eigenvalue weighted by Gasteiger charge is -2.13. The van der Waals surface area contributed by atoms with Gasteiger partial charge in [-0.1, -0.05) is 32.3 Å². The minimum atomic E-state index is -0.740. The Kier molecular flexibility index (Phi) is 9.06. The molecule has 1 aromatic rings. The molecule has 25 heavy (non-hydrogen) atoms. The first-order valence-corrected chi connectivity index (χ1v) is 8.24. The highest BCUT2D eigenvalue weighted by atomic mass is 16.5. The van der Waals surface area contributed by atoms with E-state index in [-0.39, 0.29) is 29.4 Å². The third kappa shape index (κ3) is 6.45. The normalized spacial score (nSPS) is 10.0. The molecule has 7 heteroatoms. The summed E-state index contributed by atoms with van der Waals surface area (Å²) in [7, 11) is 2.41. The Morgan fingerprint density at radius 2 is 1.72 bits per heavy atom. The van der Waals surface area contributed by atoms with Gasteiger partial charge in [0.05, 0.1) is 19.8 Å². The number of hydrogen-bond donors (Lipinski definition) is 1. The largest absolute Gasteiger partial charge is 0.483 e. The first kappa shape index (κ1) is 20.5. The van der Waals surface area contributed by atoms with Gasteiger partial charge in [-0.3, -0.25) is 4.79 Å². The molecule has 0 aromatic heterocycles. The van der Waals surface area contributed by atoms with Crippen molar-refractivity contribution in [2.45, 2.75) is 32.6 Å². The smallest absolute Gasteiger partial charge is 0.342 e. The Balaban J connectivity index is 2.73. The SMILES string of the molecule is CCCCCCNC(=O)COc1cccc(C(=O)OC)c1C(=O)OC. The summed E-state index contributed by atoms with van der Waals surface area (Å²) in [6.07, 6.45) is 4.23. The molecule has 0 aliphatic rings. The van der Waals surface area contributed by atoms with Crippen LogP contribution in [0.2, 0.25) is 0 Å². The lowest BCUT2D eigenvalue weighted by atomic mass is 10.1. The minimum Gasteiger partial charge on any atom is -0.483 e. The van der Waals surface area contributed by atoms with Crippen molar-refractivity contribution in [1.29, 1.82) is 0 Å². The Bertz CT molecular complexity index is 599. The zero-order valence-corrected chi connectivity index (χ0v) is 14.9. The highest BCUT2D eigenvalue weighted by molar-refractivity contribution is 6.05. The molecule has 0 spiro atoms. The number of rotatable bonds is 10. The third-order valence-electron chi connectivity index (χ3n) is 3.53. The summed E-state index contributed by atoms with van der Waals surface area (Å²) < 4.78 is 14.8. The van der Waals surface area contributed by atoms with Crippen LogP contribution in [-0.2, 0) is 14.3 Å². The number of benzene rings is 1. The molecule has 0 saturated carbocycles. The number of amides is 1. The maximum atomic E-state index is 12.0. The second-order valence-corrected chi connectivity index (χ2v) is 5.36. The van der Waals surface area contributed by atoms with Crippen LogP contribution in [0.4, 0.5) is 0 Å². The molecule has 0 aliphatic carbocycles. The highest BCUT2D eigenvalue weighted by Gasteiger charge is 2.23. The van der Waals surface area contributed by atoms with Crippen LogP contribution in [0.1, 0.15) is 53.3 Å². The number of methoxy groups -OCH3 is 2. The molecule has 0 aliphatic heterocycles. The van der Waals surface area contributed by atoms with E-state index in [0.717, 1.165) is 25.7 Å². The Labute approximate surface area is 147 Å². The molecular weight excluding hydrogens is 326 g/mol. The van der Waals surface area contributed by atoms with Crippen molar-refractivity contribution in [1.82, 2.24) is 5.32 Å². The lowest BCUT2D eigenvalue weighted by Crippen LogP contribution is -2.30. The van der Waals surface area contributed by atoms with Crippen LogP contribution in [-0.4, -0.2) is 45.2 Å². The summed E-state index contributed by atoms with van der Waals surface area (Å²) in [6, 6.07) is 4.46. The van der Waals surface area contributed by atoms with E-state index in [2.05, 4.69) is 17.0 Å². The molecule has 1 N–H and O–H groups in total. The quantitative estimate of drug-likeness (QED) is 0.514. The molecule has 0 saturated heterocycles. The molecule has 0 heterocycles. The number of ether oxygens (including phenoxy) is 3. The standard InChI is InChI=1S/C18H25NO6/c1-4-5-6-7-11-19-15(20)12-25-14-10-8-9-13(17(21)23-2)16(14)18(22)24-3/h8-10H,4-7,11-12H2,1-3H3,(H,19,20). The van der Waals surface area contributed by atoms with Gasteiger partial charge < -0.3 is 19.5 Å². The fourth-order valence-corrected chi connectivity index (χ4v) is 2.22. The molecule has 1 amide bonds. The van der Waals surface area contributed by atoms with E-state index in [1.165, 1.54) is 32.4 Å². The predicted octanol–water partition coefficient (Wildman–Crippen LogP) is 2.34. The molecule has 1 rings (SSSR count). The van der Waals surface area contributed by atoms with E-state index in [4.69, 9.17) is 9.47 Å². The first-order valence-electron chi connectivity index (χ1n) is 8.24. The number of unbranched alkanes of at least 4 members (excludes halogenated alkanes) is 3. The van der Waals surface area contributed by atoms with Crippen molar-refractivity contribution in [2.24, 2.45) is 0 Å². The van der Waals surface area contributed by atoms with E-state index < -0.39 is 11.9 Å². The summed E-state index contributed by atoms with van der Waals surface area (Å²) in [4.78, 5) is 35.6. The summed E-state index contributed by atoms with van der Waals surface area (Å²) in [5.41, 5.74) is -0.0422. The van der Waals surface area contributed by atoms with Gasteiger partial charge in [0.25, 0.3) is 5.91 Å². The summed E-state index contributed by atoms with van der Waals surface area (Å²) in [5, 5.41) is 2.75. The van der Waals surface area contributed by atoms with Crippen molar-refractivity contribution >= 4 is 17.8 Å². The van der Waals surface area contributed by atoms with E-state index in [9.17, 15) is 14.4 Å². The number of carbonyl (C=O) groups excluding carboxylic acids is 3. The fraction of sp³-hybridized carbons (Fsp3) is 0.500. The minimum absolute atomic E-state index is 0.0202. The van der Waals surface area contributed by atoms with Crippen molar-refractivity contribution in [3.05, 3.63) is 29.3 Å². The molecule has 7 nitrogen and oxygen atoms in total. The van der Waals surface area contributed by atoms with Gasteiger partial charge in [-0.2, -0.15) is 0 Å². The maximum Gasteiger partial charge on any atom is 0.342 e. The van der Waals surface area contributed by atoms with Gasteiger partial charge >= 0.3 is 11.9 Å². The molecule has 1 aromatic carbocycles. The van der Waals surface area contributed by atoms with Crippen LogP contribution in [0.25, 0.3) is 0 Å². The summed E-state index contributed by atoms with van der Waals surface area (Å²) in [5.74, 6) is -1.63. The lowest BCUT2D eigenvalue weighted by molar-refractivity contribution is -0.123. The van der Waals surface area contributed by atoms with Crippen molar-refractivity contribution in [2.75, 3.05) is 27.4 Å². The van der Waals surface area contributed by atoms with Crippen molar-refractivity contribution in [3.63, 3.8) is 0 Å². The Hall–Kier alpha value is -2.57. The summed E-state index contributed by atoms with van der Waals surface area (Å²) >= 11 is 0. The fourth-order valence-electron chi connectivity index (χ4n) is 2.22. The van der Waals surface area contributed by atoms with Crippen LogP contribution in [0.3, 0.4) is 0 Å². The molecular formula is C18H25NO6. The van der Waals surface area contributed by atoms with Crippen LogP contribution in [0, 0.1) is 0 Å².